The van der Waals surface area contributed by atoms with Crippen LogP contribution in [0.2, 0.25) is 0 Å². The van der Waals surface area contributed by atoms with Crippen molar-refractivity contribution in [3.8, 4) is 0 Å². The van der Waals surface area contributed by atoms with E-state index in [1.807, 2.05) is 37.3 Å². The highest BCUT2D eigenvalue weighted by Gasteiger charge is 2.33. The lowest BCUT2D eigenvalue weighted by atomic mass is 9.93. The maximum absolute atomic E-state index is 11.0. The van der Waals surface area contributed by atoms with E-state index in [0.29, 0.717) is 6.54 Å². The van der Waals surface area contributed by atoms with E-state index in [1.165, 1.54) is 0 Å². The van der Waals surface area contributed by atoms with E-state index in [1.54, 1.807) is 0 Å². The summed E-state index contributed by atoms with van der Waals surface area (Å²) in [6.07, 6.45) is 0. The monoisotopic (exact) mass is 176 g/mol. The molecule has 0 radical (unpaired) electrons. The number of carbonyl (C=O) groups is 1. The van der Waals surface area contributed by atoms with Crippen LogP contribution >= 0.6 is 0 Å². The van der Waals surface area contributed by atoms with Crippen molar-refractivity contribution in [2.45, 2.75) is 12.5 Å². The highest BCUT2D eigenvalue weighted by atomic mass is 16.2. The summed E-state index contributed by atoms with van der Waals surface area (Å²) in [5.74, 6) is 0. The summed E-state index contributed by atoms with van der Waals surface area (Å²) in [6.45, 7) is 2.66. The second-order valence-corrected chi connectivity index (χ2v) is 3.51. The molecular formula is C10H12N2O. The van der Waals surface area contributed by atoms with E-state index < -0.39 is 0 Å². The van der Waals surface area contributed by atoms with Crippen LogP contribution in [0.3, 0.4) is 0 Å². The third-order valence-corrected chi connectivity index (χ3v) is 2.40. The topological polar surface area (TPSA) is 41.1 Å². The molecule has 68 valence electrons. The maximum Gasteiger partial charge on any atom is 0.315 e. The summed E-state index contributed by atoms with van der Waals surface area (Å²) in [6, 6.07) is 9.87. The molecule has 0 bridgehead atoms. The molecule has 1 fully saturated rings. The first-order chi connectivity index (χ1) is 6.21. The summed E-state index contributed by atoms with van der Waals surface area (Å²) in [7, 11) is 0. The molecule has 2 N–H and O–H groups in total. The zero-order valence-corrected chi connectivity index (χ0v) is 7.50. The van der Waals surface area contributed by atoms with Gasteiger partial charge < -0.3 is 10.6 Å². The third-order valence-electron chi connectivity index (χ3n) is 2.40. The minimum Gasteiger partial charge on any atom is -0.335 e. The second kappa shape index (κ2) is 2.76. The van der Waals surface area contributed by atoms with Gasteiger partial charge in [0.15, 0.2) is 0 Å². The van der Waals surface area contributed by atoms with Crippen LogP contribution in [0.1, 0.15) is 12.5 Å². The number of urea groups is 1. The van der Waals surface area contributed by atoms with Crippen molar-refractivity contribution >= 4 is 6.03 Å². The van der Waals surface area contributed by atoms with E-state index in [0.717, 1.165) is 5.56 Å². The van der Waals surface area contributed by atoms with Crippen molar-refractivity contribution in [3.63, 3.8) is 0 Å². The highest BCUT2D eigenvalue weighted by Crippen LogP contribution is 2.21. The van der Waals surface area contributed by atoms with Gasteiger partial charge in [0.25, 0.3) is 0 Å². The lowest BCUT2D eigenvalue weighted by molar-refractivity contribution is 0.245. The fraction of sp³-hybridized carbons (Fsp3) is 0.300. The molecule has 1 aromatic carbocycles. The lowest BCUT2D eigenvalue weighted by Gasteiger charge is -2.22. The van der Waals surface area contributed by atoms with Crippen molar-refractivity contribution in [2.75, 3.05) is 6.54 Å². The average Bonchev–Trinajstić information content (AvgIpc) is 2.49. The fourth-order valence-corrected chi connectivity index (χ4v) is 1.58. The average molecular weight is 176 g/mol. The Morgan fingerprint density at radius 3 is 2.54 bits per heavy atom. The SMILES string of the molecule is C[C@@]1(c2ccccc2)CNC(=O)N1. The molecule has 2 rings (SSSR count). The first-order valence-electron chi connectivity index (χ1n) is 4.32. The minimum absolute atomic E-state index is 0.0913. The first-order valence-corrected chi connectivity index (χ1v) is 4.32. The van der Waals surface area contributed by atoms with Crippen LogP contribution in [0.5, 0.6) is 0 Å². The van der Waals surface area contributed by atoms with Crippen LogP contribution < -0.4 is 10.6 Å². The summed E-state index contributed by atoms with van der Waals surface area (Å²) >= 11 is 0. The molecule has 1 aliphatic rings. The Balaban J connectivity index is 2.31. The van der Waals surface area contributed by atoms with E-state index in [2.05, 4.69) is 10.6 Å². The molecule has 1 aliphatic heterocycles. The number of amides is 2. The van der Waals surface area contributed by atoms with Gasteiger partial charge >= 0.3 is 6.03 Å². The summed E-state index contributed by atoms with van der Waals surface area (Å²) < 4.78 is 0. The predicted molar refractivity (Wildman–Crippen MR) is 50.3 cm³/mol. The zero-order chi connectivity index (χ0) is 9.31. The first kappa shape index (κ1) is 8.10. The number of hydrogen-bond donors (Lipinski definition) is 2. The van der Waals surface area contributed by atoms with Gasteiger partial charge in [0.1, 0.15) is 0 Å². The quantitative estimate of drug-likeness (QED) is 0.663. The molecule has 0 saturated carbocycles. The lowest BCUT2D eigenvalue weighted by Crippen LogP contribution is -2.37. The van der Waals surface area contributed by atoms with Gasteiger partial charge in [-0.3, -0.25) is 0 Å². The van der Waals surface area contributed by atoms with Gasteiger partial charge in [-0.2, -0.15) is 0 Å². The Morgan fingerprint density at radius 1 is 1.31 bits per heavy atom. The number of rotatable bonds is 1. The largest absolute Gasteiger partial charge is 0.335 e. The number of hydrogen-bond acceptors (Lipinski definition) is 1. The molecular weight excluding hydrogens is 164 g/mol. The predicted octanol–water partition coefficient (Wildman–Crippen LogP) is 1.21. The standard InChI is InChI=1S/C10H12N2O/c1-10(7-11-9(13)12-10)8-5-3-2-4-6-8/h2-6H,7H2,1H3,(H2,11,12,13)/t10-/m0/s1. The van der Waals surface area contributed by atoms with Crippen molar-refractivity contribution in [2.24, 2.45) is 0 Å². The van der Waals surface area contributed by atoms with Crippen molar-refractivity contribution in [1.82, 2.24) is 10.6 Å². The van der Waals surface area contributed by atoms with Gasteiger partial charge in [-0.05, 0) is 12.5 Å². The summed E-state index contributed by atoms with van der Waals surface area (Å²) in [5, 5.41) is 5.66. The van der Waals surface area contributed by atoms with Gasteiger partial charge in [-0.25, -0.2) is 4.79 Å². The zero-order valence-electron chi connectivity index (χ0n) is 7.50. The molecule has 0 unspecified atom stereocenters. The molecule has 1 atom stereocenters. The van der Waals surface area contributed by atoms with Gasteiger partial charge in [-0.15, -0.1) is 0 Å². The summed E-state index contributed by atoms with van der Waals surface area (Å²) in [4.78, 5) is 11.0. The van der Waals surface area contributed by atoms with Crippen LogP contribution in [0, 0.1) is 0 Å². The van der Waals surface area contributed by atoms with Gasteiger partial charge in [-0.1, -0.05) is 30.3 Å². The highest BCUT2D eigenvalue weighted by molar-refractivity contribution is 5.77. The smallest absolute Gasteiger partial charge is 0.315 e. The summed E-state index contributed by atoms with van der Waals surface area (Å²) in [5.41, 5.74) is 0.881. The molecule has 13 heavy (non-hydrogen) atoms. The second-order valence-electron chi connectivity index (χ2n) is 3.51. The number of carbonyl (C=O) groups excluding carboxylic acids is 1. The molecule has 3 nitrogen and oxygen atoms in total. The van der Waals surface area contributed by atoms with Crippen molar-refractivity contribution in [3.05, 3.63) is 35.9 Å². The van der Waals surface area contributed by atoms with Crippen molar-refractivity contribution in [1.29, 1.82) is 0 Å². The van der Waals surface area contributed by atoms with Crippen LogP contribution in [0.25, 0.3) is 0 Å². The molecule has 2 amide bonds. The Morgan fingerprint density at radius 2 is 2.00 bits per heavy atom. The van der Waals surface area contributed by atoms with E-state index >= 15 is 0 Å². The van der Waals surface area contributed by atoms with Crippen LogP contribution in [0.4, 0.5) is 4.79 Å². The normalized spacial score (nSPS) is 26.7. The number of benzene rings is 1. The third kappa shape index (κ3) is 1.37. The molecule has 1 heterocycles. The maximum atomic E-state index is 11.0. The van der Waals surface area contributed by atoms with E-state index in [9.17, 15) is 4.79 Å². The van der Waals surface area contributed by atoms with E-state index in [-0.39, 0.29) is 11.6 Å². The Kier molecular flexibility index (Phi) is 1.72. The van der Waals surface area contributed by atoms with Crippen LogP contribution in [-0.2, 0) is 5.54 Å². The minimum atomic E-state index is -0.252. The fourth-order valence-electron chi connectivity index (χ4n) is 1.58. The molecule has 0 aliphatic carbocycles. The Bertz CT molecular complexity index is 323. The molecule has 0 spiro atoms. The van der Waals surface area contributed by atoms with E-state index in [4.69, 9.17) is 0 Å². The Labute approximate surface area is 77.1 Å². The number of nitrogens with one attached hydrogen (secondary N) is 2. The van der Waals surface area contributed by atoms with Crippen LogP contribution in [0.15, 0.2) is 30.3 Å². The molecule has 3 heteroatoms. The van der Waals surface area contributed by atoms with Gasteiger partial charge in [0, 0.05) is 6.54 Å². The van der Waals surface area contributed by atoms with Crippen molar-refractivity contribution < 1.29 is 4.79 Å². The molecule has 1 aromatic rings. The van der Waals surface area contributed by atoms with Gasteiger partial charge in [0.05, 0.1) is 5.54 Å². The Hall–Kier alpha value is -1.51. The molecule has 0 aromatic heterocycles. The van der Waals surface area contributed by atoms with Crippen LogP contribution in [-0.4, -0.2) is 12.6 Å². The van der Waals surface area contributed by atoms with Gasteiger partial charge in [0.2, 0.25) is 0 Å². The molecule has 1 saturated heterocycles.